The second-order valence-corrected chi connectivity index (χ2v) is 6.90. The van der Waals surface area contributed by atoms with E-state index < -0.39 is 0 Å². The number of amides is 2. The van der Waals surface area contributed by atoms with Crippen molar-refractivity contribution < 1.29 is 9.59 Å². The molecule has 1 heterocycles. The van der Waals surface area contributed by atoms with Gasteiger partial charge in [-0.2, -0.15) is 0 Å². The van der Waals surface area contributed by atoms with Gasteiger partial charge in [0.05, 0.1) is 22.8 Å². The van der Waals surface area contributed by atoms with E-state index >= 15 is 0 Å². The zero-order chi connectivity index (χ0) is 19.6. The molecule has 0 radical (unpaired) electrons. The summed E-state index contributed by atoms with van der Waals surface area (Å²) in [6.07, 6.45) is 0. The monoisotopic (exact) mass is 381 g/mol. The first-order chi connectivity index (χ1) is 12.8. The highest BCUT2D eigenvalue weighted by atomic mass is 35.5. The smallest absolute Gasteiger partial charge is 0.253 e. The fourth-order valence-corrected chi connectivity index (χ4v) is 3.10. The van der Waals surface area contributed by atoms with Crippen molar-refractivity contribution in [2.45, 2.75) is 26.8 Å². The lowest BCUT2D eigenvalue weighted by Crippen LogP contribution is -2.27. The minimum Gasteiger partial charge on any atom is -0.345 e. The van der Waals surface area contributed by atoms with Gasteiger partial charge in [-0.25, -0.2) is 0 Å². The number of nitrogens with zero attached hydrogens (tertiary/aromatic N) is 1. The average Bonchev–Trinajstić information content (AvgIpc) is 2.61. The Bertz CT molecular complexity index is 1030. The van der Waals surface area contributed by atoms with Crippen molar-refractivity contribution in [2.75, 3.05) is 5.32 Å². The highest BCUT2D eigenvalue weighted by Gasteiger charge is 2.16. The molecule has 138 valence electrons. The van der Waals surface area contributed by atoms with Crippen LogP contribution < -0.4 is 10.6 Å². The number of hydrogen-bond acceptors (Lipinski definition) is 3. The van der Waals surface area contributed by atoms with E-state index in [1.165, 1.54) is 6.92 Å². The molecule has 27 heavy (non-hydrogen) atoms. The van der Waals surface area contributed by atoms with Crippen LogP contribution in [0.1, 0.15) is 41.5 Å². The van der Waals surface area contributed by atoms with Crippen molar-refractivity contribution in [3.05, 3.63) is 70.4 Å². The minimum absolute atomic E-state index is 0.139. The van der Waals surface area contributed by atoms with Gasteiger partial charge in [0.2, 0.25) is 5.91 Å². The minimum atomic E-state index is -0.235. The van der Waals surface area contributed by atoms with E-state index in [0.717, 1.165) is 16.5 Å². The number of anilines is 1. The Morgan fingerprint density at radius 3 is 2.63 bits per heavy atom. The number of hydrogen-bond donors (Lipinski definition) is 2. The fourth-order valence-electron chi connectivity index (χ4n) is 2.92. The zero-order valence-electron chi connectivity index (χ0n) is 15.3. The van der Waals surface area contributed by atoms with Crippen molar-refractivity contribution in [1.82, 2.24) is 10.3 Å². The summed E-state index contributed by atoms with van der Waals surface area (Å²) in [4.78, 5) is 28.5. The zero-order valence-corrected chi connectivity index (χ0v) is 16.1. The van der Waals surface area contributed by atoms with Crippen molar-refractivity contribution in [1.29, 1.82) is 0 Å². The molecule has 2 N–H and O–H groups in total. The molecular weight excluding hydrogens is 362 g/mol. The number of aryl methyl sites for hydroxylation is 1. The molecule has 0 aliphatic carbocycles. The van der Waals surface area contributed by atoms with E-state index in [1.807, 2.05) is 38.1 Å². The van der Waals surface area contributed by atoms with Gasteiger partial charge in [-0.1, -0.05) is 23.7 Å². The summed E-state index contributed by atoms with van der Waals surface area (Å²) in [5.41, 5.74) is 3.55. The standard InChI is InChI=1S/C21H20ClN3O2/c1-12(15-5-4-6-18(10-15)25-14(3)26)24-21(27)19-11-16-9-17(22)7-8-20(16)23-13(19)2/h4-12H,1-3H3,(H,24,27)(H,25,26). The molecule has 3 aromatic rings. The van der Waals surface area contributed by atoms with Gasteiger partial charge in [-0.3, -0.25) is 14.6 Å². The average molecular weight is 382 g/mol. The number of benzene rings is 2. The van der Waals surface area contributed by atoms with Crippen LogP contribution in [0.15, 0.2) is 48.5 Å². The van der Waals surface area contributed by atoms with Crippen LogP contribution in [0.25, 0.3) is 10.9 Å². The second-order valence-electron chi connectivity index (χ2n) is 6.46. The quantitative estimate of drug-likeness (QED) is 0.691. The maximum atomic E-state index is 12.8. The Hall–Kier alpha value is -2.92. The van der Waals surface area contributed by atoms with Gasteiger partial charge < -0.3 is 10.6 Å². The number of fused-ring (bicyclic) bond motifs is 1. The highest BCUT2D eigenvalue weighted by Crippen LogP contribution is 2.22. The molecule has 0 fully saturated rings. The summed E-state index contributed by atoms with van der Waals surface area (Å²) < 4.78 is 0. The van der Waals surface area contributed by atoms with Gasteiger partial charge in [0.1, 0.15) is 0 Å². The number of carbonyl (C=O) groups is 2. The second kappa shape index (κ2) is 7.76. The molecule has 0 saturated carbocycles. The predicted octanol–water partition coefficient (Wildman–Crippen LogP) is 4.65. The lowest BCUT2D eigenvalue weighted by molar-refractivity contribution is -0.114. The molecule has 0 spiro atoms. The van der Waals surface area contributed by atoms with Crippen molar-refractivity contribution >= 4 is 40.0 Å². The number of rotatable bonds is 4. The summed E-state index contributed by atoms with van der Waals surface area (Å²) in [7, 11) is 0. The van der Waals surface area contributed by atoms with E-state index in [0.29, 0.717) is 22.0 Å². The third-order valence-corrected chi connectivity index (χ3v) is 4.50. The summed E-state index contributed by atoms with van der Waals surface area (Å²) >= 11 is 6.05. The molecule has 2 amide bonds. The van der Waals surface area contributed by atoms with Crippen molar-refractivity contribution in [3.8, 4) is 0 Å². The Morgan fingerprint density at radius 1 is 1.11 bits per heavy atom. The number of aromatic nitrogens is 1. The maximum absolute atomic E-state index is 12.8. The first-order valence-electron chi connectivity index (χ1n) is 8.59. The molecule has 1 aromatic heterocycles. The normalized spacial score (nSPS) is 11.9. The molecule has 1 unspecified atom stereocenters. The first kappa shape index (κ1) is 18.9. The third-order valence-electron chi connectivity index (χ3n) is 4.27. The van der Waals surface area contributed by atoms with E-state index in [2.05, 4.69) is 15.6 Å². The van der Waals surface area contributed by atoms with E-state index in [-0.39, 0.29) is 17.9 Å². The lowest BCUT2D eigenvalue weighted by atomic mass is 10.1. The Balaban J connectivity index is 1.83. The van der Waals surface area contributed by atoms with E-state index in [4.69, 9.17) is 11.6 Å². The van der Waals surface area contributed by atoms with Crippen LogP contribution in [-0.4, -0.2) is 16.8 Å². The van der Waals surface area contributed by atoms with Gasteiger partial charge in [0.25, 0.3) is 5.91 Å². The van der Waals surface area contributed by atoms with Crippen molar-refractivity contribution in [3.63, 3.8) is 0 Å². The van der Waals surface area contributed by atoms with Crippen LogP contribution in [-0.2, 0) is 4.79 Å². The molecule has 0 bridgehead atoms. The van der Waals surface area contributed by atoms with Crippen molar-refractivity contribution in [2.24, 2.45) is 0 Å². The first-order valence-corrected chi connectivity index (χ1v) is 8.96. The number of carbonyl (C=O) groups excluding carboxylic acids is 2. The Morgan fingerprint density at radius 2 is 1.89 bits per heavy atom. The largest absolute Gasteiger partial charge is 0.345 e. The van der Waals surface area contributed by atoms with E-state index in [9.17, 15) is 9.59 Å². The van der Waals surface area contributed by atoms with E-state index in [1.54, 1.807) is 24.3 Å². The lowest BCUT2D eigenvalue weighted by Gasteiger charge is -2.16. The molecule has 0 saturated heterocycles. The van der Waals surface area contributed by atoms with Crippen LogP contribution in [0.5, 0.6) is 0 Å². The van der Waals surface area contributed by atoms with Crippen LogP contribution >= 0.6 is 11.6 Å². The Kier molecular flexibility index (Phi) is 5.42. The molecule has 1 atom stereocenters. The van der Waals surface area contributed by atoms with Crippen LogP contribution in [0.3, 0.4) is 0 Å². The predicted molar refractivity (Wildman–Crippen MR) is 108 cm³/mol. The molecular formula is C21H20ClN3O2. The molecule has 6 heteroatoms. The third kappa shape index (κ3) is 4.44. The SMILES string of the molecule is CC(=O)Nc1cccc(C(C)NC(=O)c2cc3cc(Cl)ccc3nc2C)c1. The van der Waals surface area contributed by atoms with Gasteiger partial charge in [0, 0.05) is 23.0 Å². The van der Waals surface area contributed by atoms with Crippen LogP contribution in [0.4, 0.5) is 5.69 Å². The van der Waals surface area contributed by atoms with Gasteiger partial charge in [-0.05, 0) is 55.8 Å². The molecule has 3 rings (SSSR count). The number of pyridine rings is 1. The summed E-state index contributed by atoms with van der Waals surface area (Å²) in [5.74, 6) is -0.348. The summed E-state index contributed by atoms with van der Waals surface area (Å²) in [6.45, 7) is 5.16. The highest BCUT2D eigenvalue weighted by molar-refractivity contribution is 6.31. The van der Waals surface area contributed by atoms with Crippen LogP contribution in [0.2, 0.25) is 5.02 Å². The fraction of sp³-hybridized carbons (Fsp3) is 0.190. The molecule has 2 aromatic carbocycles. The number of halogens is 1. The summed E-state index contributed by atoms with van der Waals surface area (Å²) in [6, 6.07) is 14.4. The molecule has 0 aliphatic rings. The topological polar surface area (TPSA) is 71.1 Å². The van der Waals surface area contributed by atoms with Crippen LogP contribution in [0, 0.1) is 6.92 Å². The molecule has 0 aliphatic heterocycles. The van der Waals surface area contributed by atoms with Gasteiger partial charge in [-0.15, -0.1) is 0 Å². The van der Waals surface area contributed by atoms with Gasteiger partial charge >= 0.3 is 0 Å². The van der Waals surface area contributed by atoms with Gasteiger partial charge in [0.15, 0.2) is 0 Å². The summed E-state index contributed by atoms with van der Waals surface area (Å²) in [5, 5.41) is 7.15. The Labute approximate surface area is 162 Å². The molecule has 5 nitrogen and oxygen atoms in total. The number of nitrogens with one attached hydrogen (secondary N) is 2. The maximum Gasteiger partial charge on any atom is 0.253 e.